The highest BCUT2D eigenvalue weighted by Crippen LogP contribution is 2.37. The van der Waals surface area contributed by atoms with Crippen LogP contribution in [-0.2, 0) is 0 Å². The molecule has 2 amide bonds. The minimum Gasteiger partial charge on any atom is -0.503 e. The Morgan fingerprint density at radius 2 is 1.50 bits per heavy atom. The second-order valence-electron chi connectivity index (χ2n) is 4.39. The molecule has 0 aliphatic rings. The van der Waals surface area contributed by atoms with E-state index in [1.807, 2.05) is 6.92 Å². The van der Waals surface area contributed by atoms with Gasteiger partial charge in [-0.05, 0) is 31.2 Å². The number of hydrogen-bond donors (Lipinski definition) is 4. The van der Waals surface area contributed by atoms with Crippen molar-refractivity contribution in [3.8, 4) is 22.9 Å². The largest absolute Gasteiger partial charge is 0.503 e. The summed E-state index contributed by atoms with van der Waals surface area (Å²) in [7, 11) is 0. The van der Waals surface area contributed by atoms with Crippen LogP contribution in [0.2, 0.25) is 0 Å². The first-order valence-electron chi connectivity index (χ1n) is 6.37. The lowest BCUT2D eigenvalue weighted by Crippen LogP contribution is -2.21. The third kappa shape index (κ3) is 2.41. The summed E-state index contributed by atoms with van der Waals surface area (Å²) in [4.78, 5) is 23.1. The van der Waals surface area contributed by atoms with Gasteiger partial charge in [0.2, 0.25) is 0 Å². The number of aromatic nitrogens is 1. The zero-order chi connectivity index (χ0) is 16.4. The van der Waals surface area contributed by atoms with Crippen molar-refractivity contribution < 1.29 is 24.5 Å². The highest BCUT2D eigenvalue weighted by molar-refractivity contribution is 6.03. The van der Waals surface area contributed by atoms with Gasteiger partial charge in [-0.2, -0.15) is 0 Å². The number of amides is 2. The predicted molar refractivity (Wildman–Crippen MR) is 77.3 cm³/mol. The number of carbonyl (C=O) groups excluding carboxylic acids is 2. The Balaban J connectivity index is 2.69. The molecule has 2 rings (SSSR count). The molecule has 0 saturated heterocycles. The summed E-state index contributed by atoms with van der Waals surface area (Å²) in [5.41, 5.74) is 9.85. The molecule has 22 heavy (non-hydrogen) atoms. The maximum Gasteiger partial charge on any atom is 0.269 e. The van der Waals surface area contributed by atoms with Gasteiger partial charge in [0.25, 0.3) is 11.8 Å². The third-order valence-corrected chi connectivity index (χ3v) is 2.99. The number of nitrogens with zero attached hydrogens (tertiary/aromatic N) is 1. The molecule has 0 aliphatic heterocycles. The van der Waals surface area contributed by atoms with Crippen LogP contribution in [0.3, 0.4) is 0 Å². The molecule has 2 aromatic rings. The van der Waals surface area contributed by atoms with Crippen LogP contribution in [0, 0.1) is 0 Å². The molecular weight excluding hydrogens is 290 g/mol. The number of primary amides is 2. The fourth-order valence-electron chi connectivity index (χ4n) is 2.12. The van der Waals surface area contributed by atoms with Crippen LogP contribution in [-0.4, -0.2) is 33.2 Å². The standard InChI is InChI=1S/C14H15N3O5/c1-2-22-8-5-3-7(4-6-8)17-9(13(15)20)11(18)12(19)10(17)14(16)21/h3-6,18-19H,2H2,1H3,(H2,15,20)(H2,16,21). The Hall–Kier alpha value is -3.16. The lowest BCUT2D eigenvalue weighted by molar-refractivity contribution is 0.0989. The number of rotatable bonds is 5. The Bertz CT molecular complexity index is 696. The SMILES string of the molecule is CCOc1ccc(-n2c(C(N)=O)c(O)c(O)c2C(N)=O)cc1. The Morgan fingerprint density at radius 1 is 1.05 bits per heavy atom. The molecule has 0 spiro atoms. The van der Waals surface area contributed by atoms with Crippen LogP contribution in [0.4, 0.5) is 0 Å². The van der Waals surface area contributed by atoms with E-state index in [0.29, 0.717) is 18.0 Å². The van der Waals surface area contributed by atoms with Gasteiger partial charge >= 0.3 is 0 Å². The molecule has 1 aromatic carbocycles. The van der Waals surface area contributed by atoms with E-state index in [9.17, 15) is 19.8 Å². The summed E-state index contributed by atoms with van der Waals surface area (Å²) < 4.78 is 6.29. The minimum absolute atomic E-state index is 0.307. The highest BCUT2D eigenvalue weighted by atomic mass is 16.5. The number of ether oxygens (including phenoxy) is 1. The van der Waals surface area contributed by atoms with Crippen molar-refractivity contribution in [3.63, 3.8) is 0 Å². The van der Waals surface area contributed by atoms with Crippen LogP contribution >= 0.6 is 0 Å². The zero-order valence-corrected chi connectivity index (χ0v) is 11.7. The highest BCUT2D eigenvalue weighted by Gasteiger charge is 2.29. The van der Waals surface area contributed by atoms with Crippen LogP contribution in [0.15, 0.2) is 24.3 Å². The molecule has 6 N–H and O–H groups in total. The Labute approximate surface area is 125 Å². The van der Waals surface area contributed by atoms with Gasteiger partial charge in [-0.1, -0.05) is 0 Å². The fraction of sp³-hybridized carbons (Fsp3) is 0.143. The average molecular weight is 305 g/mol. The molecule has 8 heteroatoms. The number of hydrogen-bond acceptors (Lipinski definition) is 5. The first-order valence-corrected chi connectivity index (χ1v) is 6.37. The van der Waals surface area contributed by atoms with Crippen LogP contribution < -0.4 is 16.2 Å². The molecular formula is C14H15N3O5. The van der Waals surface area contributed by atoms with E-state index in [1.165, 1.54) is 12.1 Å². The molecule has 0 bridgehead atoms. The van der Waals surface area contributed by atoms with E-state index in [2.05, 4.69) is 0 Å². The van der Waals surface area contributed by atoms with E-state index in [1.54, 1.807) is 12.1 Å². The van der Waals surface area contributed by atoms with Crippen molar-refractivity contribution in [2.75, 3.05) is 6.61 Å². The lowest BCUT2D eigenvalue weighted by Gasteiger charge is -2.11. The van der Waals surface area contributed by atoms with Crippen molar-refractivity contribution in [1.29, 1.82) is 0 Å². The van der Waals surface area contributed by atoms with Gasteiger partial charge in [0, 0.05) is 5.69 Å². The number of nitrogens with two attached hydrogens (primary N) is 2. The van der Waals surface area contributed by atoms with E-state index in [-0.39, 0.29) is 0 Å². The van der Waals surface area contributed by atoms with Gasteiger partial charge < -0.3 is 26.4 Å². The molecule has 8 nitrogen and oxygen atoms in total. The topological polar surface area (TPSA) is 141 Å². The van der Waals surface area contributed by atoms with Crippen molar-refractivity contribution in [3.05, 3.63) is 35.7 Å². The maximum atomic E-state index is 11.5. The molecule has 0 aliphatic carbocycles. The second kappa shape index (κ2) is 5.68. The van der Waals surface area contributed by atoms with Crippen molar-refractivity contribution in [2.45, 2.75) is 6.92 Å². The first kappa shape index (κ1) is 15.2. The molecule has 0 saturated carbocycles. The van der Waals surface area contributed by atoms with E-state index < -0.39 is 34.7 Å². The molecule has 0 unspecified atom stereocenters. The molecule has 0 atom stereocenters. The van der Waals surface area contributed by atoms with Gasteiger partial charge in [0.05, 0.1) is 6.61 Å². The van der Waals surface area contributed by atoms with Gasteiger partial charge in [-0.25, -0.2) is 0 Å². The molecule has 0 fully saturated rings. The monoisotopic (exact) mass is 305 g/mol. The summed E-state index contributed by atoms with van der Waals surface area (Å²) in [6.45, 7) is 2.30. The van der Waals surface area contributed by atoms with Crippen molar-refractivity contribution >= 4 is 11.8 Å². The Morgan fingerprint density at radius 3 is 1.86 bits per heavy atom. The van der Waals surface area contributed by atoms with Crippen LogP contribution in [0.1, 0.15) is 27.9 Å². The zero-order valence-electron chi connectivity index (χ0n) is 11.7. The summed E-state index contributed by atoms with van der Waals surface area (Å²) in [6, 6.07) is 6.26. The van der Waals surface area contributed by atoms with Crippen LogP contribution in [0.25, 0.3) is 5.69 Å². The average Bonchev–Trinajstić information content (AvgIpc) is 2.72. The quantitative estimate of drug-likeness (QED) is 0.636. The molecule has 1 aromatic heterocycles. The number of benzene rings is 1. The van der Waals surface area contributed by atoms with E-state index in [4.69, 9.17) is 16.2 Å². The second-order valence-corrected chi connectivity index (χ2v) is 4.39. The van der Waals surface area contributed by atoms with Gasteiger partial charge in [-0.15, -0.1) is 0 Å². The predicted octanol–water partition coefficient (Wildman–Crippen LogP) is 0.485. The van der Waals surface area contributed by atoms with Crippen molar-refractivity contribution in [2.24, 2.45) is 11.5 Å². The normalized spacial score (nSPS) is 10.4. The molecule has 0 radical (unpaired) electrons. The van der Waals surface area contributed by atoms with E-state index in [0.717, 1.165) is 4.57 Å². The third-order valence-electron chi connectivity index (χ3n) is 2.99. The number of aromatic hydroxyl groups is 2. The molecule has 116 valence electrons. The summed E-state index contributed by atoms with van der Waals surface area (Å²) in [6.07, 6.45) is 0. The van der Waals surface area contributed by atoms with Crippen LogP contribution in [0.5, 0.6) is 17.2 Å². The summed E-state index contributed by atoms with van der Waals surface area (Å²) in [5, 5.41) is 19.6. The lowest BCUT2D eigenvalue weighted by atomic mass is 10.2. The summed E-state index contributed by atoms with van der Waals surface area (Å²) in [5.74, 6) is -3.05. The molecule has 1 heterocycles. The maximum absolute atomic E-state index is 11.5. The van der Waals surface area contributed by atoms with Crippen molar-refractivity contribution in [1.82, 2.24) is 4.57 Å². The fourth-order valence-corrected chi connectivity index (χ4v) is 2.12. The van der Waals surface area contributed by atoms with Gasteiger partial charge in [0.15, 0.2) is 22.9 Å². The van der Waals surface area contributed by atoms with Gasteiger partial charge in [0.1, 0.15) is 5.75 Å². The smallest absolute Gasteiger partial charge is 0.269 e. The first-order chi connectivity index (χ1) is 10.4. The summed E-state index contributed by atoms with van der Waals surface area (Å²) >= 11 is 0. The Kier molecular flexibility index (Phi) is 3.93. The number of carbonyl (C=O) groups is 2. The minimum atomic E-state index is -1.02. The van der Waals surface area contributed by atoms with Gasteiger partial charge in [-0.3, -0.25) is 14.2 Å². The van der Waals surface area contributed by atoms with E-state index >= 15 is 0 Å².